The van der Waals surface area contributed by atoms with Crippen LogP contribution < -0.4 is 10.6 Å². The van der Waals surface area contributed by atoms with Crippen LogP contribution in [0.4, 0.5) is 0 Å². The van der Waals surface area contributed by atoms with Gasteiger partial charge >= 0.3 is 0 Å². The molecule has 0 amide bonds. The van der Waals surface area contributed by atoms with E-state index in [1.807, 2.05) is 18.2 Å². The smallest absolute Gasteiger partial charge is 0.166 e. The van der Waals surface area contributed by atoms with Crippen LogP contribution in [0.5, 0.6) is 0 Å². The van der Waals surface area contributed by atoms with Gasteiger partial charge in [-0.25, -0.2) is 0 Å². The van der Waals surface area contributed by atoms with Gasteiger partial charge in [0.25, 0.3) is 0 Å². The molecular formula is C14H21N3S. The fourth-order valence-electron chi connectivity index (χ4n) is 2.17. The molecule has 0 aromatic heterocycles. The SMILES string of the molecule is S=C(NCCN1CCCC1)NCc1ccccc1. The van der Waals surface area contributed by atoms with E-state index in [0.717, 1.165) is 24.7 Å². The molecule has 2 rings (SSSR count). The molecule has 0 spiro atoms. The first-order valence-corrected chi connectivity index (χ1v) is 7.03. The third kappa shape index (κ3) is 4.63. The third-order valence-corrected chi connectivity index (χ3v) is 3.50. The summed E-state index contributed by atoms with van der Waals surface area (Å²) in [6.07, 6.45) is 2.69. The molecule has 1 fully saturated rings. The molecule has 0 atom stereocenters. The summed E-state index contributed by atoms with van der Waals surface area (Å²) in [7, 11) is 0. The standard InChI is InChI=1S/C14H21N3S/c18-14(15-8-11-17-9-4-5-10-17)16-12-13-6-2-1-3-7-13/h1-3,6-7H,4-5,8-12H2,(H2,15,16,18). The normalized spacial score (nSPS) is 15.6. The van der Waals surface area contributed by atoms with Gasteiger partial charge < -0.3 is 15.5 Å². The van der Waals surface area contributed by atoms with Gasteiger partial charge in [-0.3, -0.25) is 0 Å². The van der Waals surface area contributed by atoms with Crippen LogP contribution >= 0.6 is 12.2 Å². The summed E-state index contributed by atoms with van der Waals surface area (Å²) in [6, 6.07) is 10.3. The average Bonchev–Trinajstić information content (AvgIpc) is 2.91. The predicted octanol–water partition coefficient (Wildman–Crippen LogP) is 1.75. The maximum absolute atomic E-state index is 5.25. The maximum Gasteiger partial charge on any atom is 0.166 e. The first kappa shape index (κ1) is 13.3. The molecule has 1 saturated heterocycles. The summed E-state index contributed by atoms with van der Waals surface area (Å²) in [5, 5.41) is 7.23. The Morgan fingerprint density at radius 2 is 1.83 bits per heavy atom. The molecule has 1 aliphatic rings. The zero-order chi connectivity index (χ0) is 12.6. The Morgan fingerprint density at radius 1 is 1.11 bits per heavy atom. The van der Waals surface area contributed by atoms with E-state index in [4.69, 9.17) is 12.2 Å². The molecule has 0 aliphatic carbocycles. The zero-order valence-electron chi connectivity index (χ0n) is 10.7. The number of benzene rings is 1. The van der Waals surface area contributed by atoms with E-state index in [2.05, 4.69) is 27.7 Å². The van der Waals surface area contributed by atoms with Gasteiger partial charge in [0.05, 0.1) is 0 Å². The molecule has 98 valence electrons. The first-order valence-electron chi connectivity index (χ1n) is 6.62. The van der Waals surface area contributed by atoms with Crippen molar-refractivity contribution in [2.75, 3.05) is 26.2 Å². The van der Waals surface area contributed by atoms with E-state index in [9.17, 15) is 0 Å². The molecule has 4 heteroatoms. The molecule has 1 aromatic rings. The van der Waals surface area contributed by atoms with Gasteiger partial charge in [0.15, 0.2) is 5.11 Å². The minimum Gasteiger partial charge on any atom is -0.361 e. The molecule has 0 unspecified atom stereocenters. The van der Waals surface area contributed by atoms with Crippen molar-refractivity contribution in [3.05, 3.63) is 35.9 Å². The molecule has 1 aliphatic heterocycles. The number of nitrogens with one attached hydrogen (secondary N) is 2. The lowest BCUT2D eigenvalue weighted by atomic mass is 10.2. The van der Waals surface area contributed by atoms with Crippen LogP contribution in [0, 0.1) is 0 Å². The summed E-state index contributed by atoms with van der Waals surface area (Å²) in [5.41, 5.74) is 1.25. The fourth-order valence-corrected chi connectivity index (χ4v) is 2.35. The summed E-state index contributed by atoms with van der Waals surface area (Å²) >= 11 is 5.25. The third-order valence-electron chi connectivity index (χ3n) is 3.21. The first-order chi connectivity index (χ1) is 8.84. The van der Waals surface area contributed by atoms with Crippen molar-refractivity contribution < 1.29 is 0 Å². The van der Waals surface area contributed by atoms with Gasteiger partial charge in [0.2, 0.25) is 0 Å². The highest BCUT2D eigenvalue weighted by atomic mass is 32.1. The van der Waals surface area contributed by atoms with Crippen molar-refractivity contribution in [2.45, 2.75) is 19.4 Å². The largest absolute Gasteiger partial charge is 0.361 e. The Balaban J connectivity index is 1.57. The van der Waals surface area contributed by atoms with Crippen molar-refractivity contribution in [2.24, 2.45) is 0 Å². The zero-order valence-corrected chi connectivity index (χ0v) is 11.5. The van der Waals surface area contributed by atoms with Crippen LogP contribution in [0.25, 0.3) is 0 Å². The van der Waals surface area contributed by atoms with Crippen LogP contribution in [0.1, 0.15) is 18.4 Å². The van der Waals surface area contributed by atoms with E-state index in [1.54, 1.807) is 0 Å². The second-order valence-electron chi connectivity index (χ2n) is 4.64. The number of thiocarbonyl (C=S) groups is 1. The minimum absolute atomic E-state index is 0.748. The molecule has 0 bridgehead atoms. The number of rotatable bonds is 5. The number of hydrogen-bond acceptors (Lipinski definition) is 2. The van der Waals surface area contributed by atoms with Crippen LogP contribution in [0.2, 0.25) is 0 Å². The van der Waals surface area contributed by atoms with Crippen molar-refractivity contribution in [1.82, 2.24) is 15.5 Å². The quantitative estimate of drug-likeness (QED) is 0.792. The number of hydrogen-bond donors (Lipinski definition) is 2. The molecule has 3 nitrogen and oxygen atoms in total. The van der Waals surface area contributed by atoms with Gasteiger partial charge in [0, 0.05) is 19.6 Å². The molecule has 0 radical (unpaired) electrons. The second kappa shape index (κ2) is 7.34. The lowest BCUT2D eigenvalue weighted by Crippen LogP contribution is -2.39. The van der Waals surface area contributed by atoms with Crippen molar-refractivity contribution in [3.63, 3.8) is 0 Å². The summed E-state index contributed by atoms with van der Waals surface area (Å²) < 4.78 is 0. The van der Waals surface area contributed by atoms with E-state index in [0.29, 0.717) is 0 Å². The fraction of sp³-hybridized carbons (Fsp3) is 0.500. The molecule has 1 aromatic carbocycles. The van der Waals surface area contributed by atoms with Crippen LogP contribution in [0.3, 0.4) is 0 Å². The molecule has 18 heavy (non-hydrogen) atoms. The summed E-state index contributed by atoms with van der Waals surface area (Å²) in [4.78, 5) is 2.48. The highest BCUT2D eigenvalue weighted by Crippen LogP contribution is 2.05. The Bertz CT molecular complexity index is 361. The monoisotopic (exact) mass is 263 g/mol. The average molecular weight is 263 g/mol. The lowest BCUT2D eigenvalue weighted by molar-refractivity contribution is 0.343. The van der Waals surface area contributed by atoms with E-state index in [1.165, 1.54) is 31.5 Å². The van der Waals surface area contributed by atoms with Gasteiger partial charge in [-0.15, -0.1) is 0 Å². The predicted molar refractivity (Wildman–Crippen MR) is 79.6 cm³/mol. The van der Waals surface area contributed by atoms with Gasteiger partial charge in [-0.1, -0.05) is 30.3 Å². The molecular weight excluding hydrogens is 242 g/mol. The Morgan fingerprint density at radius 3 is 2.56 bits per heavy atom. The van der Waals surface area contributed by atoms with Gasteiger partial charge in [-0.2, -0.15) is 0 Å². The minimum atomic E-state index is 0.748. The molecule has 1 heterocycles. The summed E-state index contributed by atoms with van der Waals surface area (Å²) in [6.45, 7) is 5.29. The maximum atomic E-state index is 5.25. The van der Waals surface area contributed by atoms with Crippen LogP contribution in [-0.4, -0.2) is 36.2 Å². The van der Waals surface area contributed by atoms with Crippen molar-refractivity contribution in [1.29, 1.82) is 0 Å². The van der Waals surface area contributed by atoms with Crippen LogP contribution in [0.15, 0.2) is 30.3 Å². The second-order valence-corrected chi connectivity index (χ2v) is 5.05. The molecule has 0 saturated carbocycles. The highest BCUT2D eigenvalue weighted by molar-refractivity contribution is 7.80. The Labute approximate surface area is 115 Å². The highest BCUT2D eigenvalue weighted by Gasteiger charge is 2.10. The molecule has 2 N–H and O–H groups in total. The Hall–Kier alpha value is -1.13. The Kier molecular flexibility index (Phi) is 5.42. The number of nitrogens with zero attached hydrogens (tertiary/aromatic N) is 1. The van der Waals surface area contributed by atoms with E-state index < -0.39 is 0 Å². The number of likely N-dealkylation sites (tertiary alicyclic amines) is 1. The van der Waals surface area contributed by atoms with Crippen molar-refractivity contribution >= 4 is 17.3 Å². The van der Waals surface area contributed by atoms with Crippen molar-refractivity contribution in [3.8, 4) is 0 Å². The summed E-state index contributed by atoms with van der Waals surface area (Å²) in [5.74, 6) is 0. The van der Waals surface area contributed by atoms with E-state index in [-0.39, 0.29) is 0 Å². The van der Waals surface area contributed by atoms with Gasteiger partial charge in [0.1, 0.15) is 0 Å². The van der Waals surface area contributed by atoms with Crippen LogP contribution in [-0.2, 0) is 6.54 Å². The van der Waals surface area contributed by atoms with E-state index >= 15 is 0 Å². The lowest BCUT2D eigenvalue weighted by Gasteiger charge is -2.16. The van der Waals surface area contributed by atoms with Gasteiger partial charge in [-0.05, 0) is 43.7 Å². The topological polar surface area (TPSA) is 27.3 Å².